The highest BCUT2D eigenvalue weighted by Gasteiger charge is 2.43. The summed E-state index contributed by atoms with van der Waals surface area (Å²) >= 11 is 1.60. The summed E-state index contributed by atoms with van der Waals surface area (Å²) in [6.07, 6.45) is 4.05. The number of aromatic nitrogens is 2. The lowest BCUT2D eigenvalue weighted by molar-refractivity contribution is -0.141. The van der Waals surface area contributed by atoms with Gasteiger partial charge in [-0.25, -0.2) is 4.98 Å². The van der Waals surface area contributed by atoms with Gasteiger partial charge in [0, 0.05) is 45.2 Å². The predicted octanol–water partition coefficient (Wildman–Crippen LogP) is 4.76. The fraction of sp³-hybridized carbons (Fsp3) is 0.611. The molecule has 5 heterocycles. The molecule has 4 atom stereocenters. The van der Waals surface area contributed by atoms with E-state index in [0.717, 1.165) is 79.4 Å². The third kappa shape index (κ3) is 7.77. The second-order valence-electron chi connectivity index (χ2n) is 14.1. The maximum atomic E-state index is 14.1. The van der Waals surface area contributed by atoms with Crippen molar-refractivity contribution in [1.29, 1.82) is 0 Å². The van der Waals surface area contributed by atoms with Crippen LogP contribution in [0.3, 0.4) is 0 Å². The standard InChI is InChI=1S/C36H50N6O5S/c1-22(2)33(31-19-32(39-47-31)41-16-12-29(13-17-41)46-28-10-14-40(5)15-11-28)36(45)42-20-27(43)18-30(42)35(44)38-23(3)25-6-8-26(9-7-25)34-24(4)37-21-48-34/h6-9,19,21-23,27-30,33,43H,10-18,20H2,1-5H3,(H,38,44)/t23-,27+,30-,33+/m0/s1. The van der Waals surface area contributed by atoms with Crippen molar-refractivity contribution in [2.45, 2.75) is 96.1 Å². The van der Waals surface area contributed by atoms with Crippen LogP contribution in [0.1, 0.15) is 81.9 Å². The number of nitrogens with zero attached hydrogens (tertiary/aromatic N) is 5. The Kier molecular flexibility index (Phi) is 10.8. The summed E-state index contributed by atoms with van der Waals surface area (Å²) < 4.78 is 12.3. The monoisotopic (exact) mass is 678 g/mol. The second kappa shape index (κ2) is 15.1. The zero-order valence-corrected chi connectivity index (χ0v) is 29.6. The number of likely N-dealkylation sites (tertiary alicyclic amines) is 2. The first-order valence-corrected chi connectivity index (χ1v) is 18.3. The Bertz CT molecular complexity index is 1530. The largest absolute Gasteiger partial charge is 0.391 e. The number of aryl methyl sites for hydroxylation is 1. The number of ether oxygens (including phenoxy) is 1. The van der Waals surface area contributed by atoms with E-state index in [0.29, 0.717) is 11.9 Å². The number of anilines is 1. The first-order chi connectivity index (χ1) is 23.1. The van der Waals surface area contributed by atoms with Gasteiger partial charge in [0.2, 0.25) is 11.8 Å². The molecular weight excluding hydrogens is 629 g/mol. The first kappa shape index (κ1) is 34.5. The molecule has 0 unspecified atom stereocenters. The summed E-state index contributed by atoms with van der Waals surface area (Å²) in [5, 5.41) is 18.1. The van der Waals surface area contributed by atoms with Crippen LogP contribution in [0.15, 0.2) is 40.4 Å². The number of rotatable bonds is 10. The van der Waals surface area contributed by atoms with E-state index in [9.17, 15) is 14.7 Å². The van der Waals surface area contributed by atoms with Gasteiger partial charge in [0.1, 0.15) is 12.0 Å². The van der Waals surface area contributed by atoms with Crippen molar-refractivity contribution >= 4 is 29.0 Å². The lowest BCUT2D eigenvalue weighted by atomic mass is 9.91. The molecule has 3 fully saturated rings. The van der Waals surface area contributed by atoms with Crippen molar-refractivity contribution < 1.29 is 24.0 Å². The molecule has 2 aromatic heterocycles. The minimum atomic E-state index is -0.780. The molecule has 2 N–H and O–H groups in total. The van der Waals surface area contributed by atoms with Crippen molar-refractivity contribution in [2.24, 2.45) is 5.92 Å². The van der Waals surface area contributed by atoms with E-state index < -0.39 is 18.1 Å². The fourth-order valence-electron chi connectivity index (χ4n) is 7.30. The fourth-order valence-corrected chi connectivity index (χ4v) is 8.12. The Morgan fingerprint density at radius 3 is 2.33 bits per heavy atom. The number of nitrogens with one attached hydrogen (secondary N) is 1. The highest BCUT2D eigenvalue weighted by Crippen LogP contribution is 2.34. The number of piperidine rings is 2. The molecular formula is C36H50N6O5S. The van der Waals surface area contributed by atoms with Crippen LogP contribution in [0.4, 0.5) is 5.82 Å². The Hall–Kier alpha value is -3.32. The topological polar surface area (TPSA) is 124 Å². The average molecular weight is 679 g/mol. The van der Waals surface area contributed by atoms with Crippen molar-refractivity contribution in [2.75, 3.05) is 44.7 Å². The zero-order valence-electron chi connectivity index (χ0n) is 28.8. The third-order valence-electron chi connectivity index (χ3n) is 10.2. The maximum Gasteiger partial charge on any atom is 0.243 e. The van der Waals surface area contributed by atoms with Crippen molar-refractivity contribution in [3.05, 3.63) is 52.9 Å². The lowest BCUT2D eigenvalue weighted by Crippen LogP contribution is -2.48. The van der Waals surface area contributed by atoms with Crippen LogP contribution < -0.4 is 10.2 Å². The molecule has 0 bridgehead atoms. The Morgan fingerprint density at radius 1 is 1.04 bits per heavy atom. The summed E-state index contributed by atoms with van der Waals surface area (Å²) in [5.41, 5.74) is 4.88. The van der Waals surface area contributed by atoms with Gasteiger partial charge in [0.25, 0.3) is 0 Å². The molecule has 2 amide bonds. The molecule has 0 spiro atoms. The van der Waals surface area contributed by atoms with Crippen molar-refractivity contribution in [3.63, 3.8) is 0 Å². The van der Waals surface area contributed by atoms with Crippen LogP contribution >= 0.6 is 11.3 Å². The van der Waals surface area contributed by atoms with Crippen molar-refractivity contribution in [1.82, 2.24) is 25.3 Å². The van der Waals surface area contributed by atoms with E-state index in [-0.39, 0.29) is 42.8 Å². The van der Waals surface area contributed by atoms with E-state index in [4.69, 9.17) is 9.26 Å². The van der Waals surface area contributed by atoms with Crippen LogP contribution in [0, 0.1) is 12.8 Å². The van der Waals surface area contributed by atoms with Gasteiger partial charge in [-0.3, -0.25) is 9.59 Å². The molecule has 0 saturated carbocycles. The predicted molar refractivity (Wildman–Crippen MR) is 186 cm³/mol. The number of aliphatic hydroxyl groups is 1. The zero-order chi connectivity index (χ0) is 33.9. The van der Waals surface area contributed by atoms with Crippen molar-refractivity contribution in [3.8, 4) is 10.4 Å². The summed E-state index contributed by atoms with van der Waals surface area (Å²) in [7, 11) is 2.16. The van der Waals surface area contributed by atoms with E-state index in [1.165, 1.54) is 4.90 Å². The molecule has 3 aromatic rings. The number of amides is 2. The van der Waals surface area contributed by atoms with Gasteiger partial charge in [-0.1, -0.05) is 43.3 Å². The van der Waals surface area contributed by atoms with Gasteiger partial charge in [-0.05, 0) is 63.6 Å². The molecule has 48 heavy (non-hydrogen) atoms. The number of carbonyl (C=O) groups excluding carboxylic acids is 2. The van der Waals surface area contributed by atoms with Crippen LogP contribution in [0.5, 0.6) is 0 Å². The van der Waals surface area contributed by atoms with Gasteiger partial charge in [0.15, 0.2) is 11.6 Å². The molecule has 6 rings (SSSR count). The summed E-state index contributed by atoms with van der Waals surface area (Å²) in [4.78, 5) is 39.3. The number of aliphatic hydroxyl groups excluding tert-OH is 1. The van der Waals surface area contributed by atoms with E-state index in [1.54, 1.807) is 11.3 Å². The second-order valence-corrected chi connectivity index (χ2v) is 15.0. The molecule has 0 aliphatic carbocycles. The van der Waals surface area contributed by atoms with Gasteiger partial charge >= 0.3 is 0 Å². The minimum Gasteiger partial charge on any atom is -0.391 e. The molecule has 3 saturated heterocycles. The number of benzene rings is 1. The number of thiazole rings is 1. The van der Waals surface area contributed by atoms with E-state index in [2.05, 4.69) is 32.3 Å². The smallest absolute Gasteiger partial charge is 0.243 e. The molecule has 0 radical (unpaired) electrons. The minimum absolute atomic E-state index is 0.100. The summed E-state index contributed by atoms with van der Waals surface area (Å²) in [6.45, 7) is 11.8. The quantitative estimate of drug-likeness (QED) is 0.312. The Morgan fingerprint density at radius 2 is 1.71 bits per heavy atom. The molecule has 260 valence electrons. The van der Waals surface area contributed by atoms with Crippen LogP contribution in [-0.4, -0.2) is 101 Å². The highest BCUT2D eigenvalue weighted by atomic mass is 32.1. The first-order valence-electron chi connectivity index (χ1n) is 17.4. The highest BCUT2D eigenvalue weighted by molar-refractivity contribution is 7.13. The third-order valence-corrected chi connectivity index (χ3v) is 11.2. The number of carbonyl (C=O) groups is 2. The molecule has 11 nitrogen and oxygen atoms in total. The Labute approximate surface area is 287 Å². The maximum absolute atomic E-state index is 14.1. The summed E-state index contributed by atoms with van der Waals surface area (Å²) in [6, 6.07) is 8.92. The lowest BCUT2D eigenvalue weighted by Gasteiger charge is -2.36. The number of hydrogen-bond acceptors (Lipinski definition) is 10. The molecule has 12 heteroatoms. The Balaban J connectivity index is 1.07. The number of β-amino-alcohol motifs (C(OH)–C–C–N with tert-alkyl or cyclic N) is 1. The molecule has 3 aliphatic heterocycles. The van der Waals surface area contributed by atoms with Gasteiger partial charge in [-0.15, -0.1) is 11.3 Å². The summed E-state index contributed by atoms with van der Waals surface area (Å²) in [5.74, 6) is -0.0278. The molecule has 3 aliphatic rings. The molecule has 1 aromatic carbocycles. The SMILES string of the molecule is Cc1ncsc1-c1ccc([C@H](C)NC(=O)[C@@H]2C[C@@H](O)CN2C(=O)[C@@H](c2cc(N3CCC(OC4CCN(C)CC4)CC3)no2)C(C)C)cc1. The number of hydrogen-bond donors (Lipinski definition) is 2. The average Bonchev–Trinajstić information content (AvgIpc) is 3.83. The van der Waals surface area contributed by atoms with E-state index >= 15 is 0 Å². The van der Waals surface area contributed by atoms with E-state index in [1.807, 2.05) is 63.5 Å². The van der Waals surface area contributed by atoms with Gasteiger partial charge in [0.05, 0.1) is 40.4 Å². The van der Waals surface area contributed by atoms with Gasteiger partial charge < -0.3 is 34.4 Å². The van der Waals surface area contributed by atoms with Crippen LogP contribution in [0.25, 0.3) is 10.4 Å². The normalized spacial score (nSPS) is 22.7. The van der Waals surface area contributed by atoms with Crippen LogP contribution in [0.2, 0.25) is 0 Å². The van der Waals surface area contributed by atoms with Gasteiger partial charge in [-0.2, -0.15) is 0 Å². The van der Waals surface area contributed by atoms with Crippen LogP contribution in [-0.2, 0) is 14.3 Å².